The van der Waals surface area contributed by atoms with Gasteiger partial charge in [0.1, 0.15) is 0 Å². The van der Waals surface area contributed by atoms with Gasteiger partial charge in [0.05, 0.1) is 0 Å². The summed E-state index contributed by atoms with van der Waals surface area (Å²) in [5.41, 5.74) is 1.11. The first-order chi connectivity index (χ1) is 9.28. The summed E-state index contributed by atoms with van der Waals surface area (Å²) in [6.45, 7) is 3.98. The van der Waals surface area contributed by atoms with Crippen LogP contribution in [0, 0.1) is 0 Å². The molecule has 0 spiro atoms. The van der Waals surface area contributed by atoms with Crippen LogP contribution in [0.3, 0.4) is 0 Å². The molecule has 19 heavy (non-hydrogen) atoms. The van der Waals surface area contributed by atoms with Crippen LogP contribution in [0.15, 0.2) is 46.7 Å². The minimum absolute atomic E-state index is 0.739. The molecule has 2 rings (SSSR count). The van der Waals surface area contributed by atoms with Crippen molar-refractivity contribution in [3.8, 4) is 0 Å². The predicted molar refractivity (Wildman–Crippen MR) is 79.6 cm³/mol. The second-order valence-electron chi connectivity index (χ2n) is 4.11. The molecule has 0 amide bonds. The lowest BCUT2D eigenvalue weighted by Crippen LogP contribution is -2.14. The maximum Gasteiger partial charge on any atom is 0.192 e. The first kappa shape index (κ1) is 14.3. The van der Waals surface area contributed by atoms with E-state index < -0.39 is 0 Å². The SMILES string of the molecule is CCCNCc1cnc(Sc2ccc(Cl)cc2)nc1. The molecule has 5 heteroatoms. The van der Waals surface area contributed by atoms with Crippen molar-refractivity contribution in [2.45, 2.75) is 29.9 Å². The molecule has 0 unspecified atom stereocenters. The average molecular weight is 294 g/mol. The minimum atomic E-state index is 0.739. The molecule has 3 nitrogen and oxygen atoms in total. The summed E-state index contributed by atoms with van der Waals surface area (Å²) in [6, 6.07) is 7.67. The van der Waals surface area contributed by atoms with Crippen LogP contribution in [0.1, 0.15) is 18.9 Å². The summed E-state index contributed by atoms with van der Waals surface area (Å²) in [4.78, 5) is 9.79. The van der Waals surface area contributed by atoms with Crippen LogP contribution in [0.5, 0.6) is 0 Å². The van der Waals surface area contributed by atoms with Crippen molar-refractivity contribution < 1.29 is 0 Å². The van der Waals surface area contributed by atoms with Gasteiger partial charge in [0.15, 0.2) is 5.16 Å². The summed E-state index contributed by atoms with van der Waals surface area (Å²) < 4.78 is 0. The molecule has 0 saturated heterocycles. The fraction of sp³-hybridized carbons (Fsp3) is 0.286. The molecule has 1 N–H and O–H groups in total. The second kappa shape index (κ2) is 7.48. The number of hydrogen-bond donors (Lipinski definition) is 1. The molecule has 1 aromatic heterocycles. The van der Waals surface area contributed by atoms with Crippen molar-refractivity contribution in [1.29, 1.82) is 0 Å². The Morgan fingerprint density at radius 1 is 1.16 bits per heavy atom. The molecule has 0 radical (unpaired) electrons. The third-order valence-electron chi connectivity index (χ3n) is 2.46. The predicted octanol–water partition coefficient (Wildman–Crippen LogP) is 3.78. The Balaban J connectivity index is 1.92. The van der Waals surface area contributed by atoms with Gasteiger partial charge in [0.2, 0.25) is 0 Å². The molecule has 100 valence electrons. The zero-order valence-corrected chi connectivity index (χ0v) is 12.3. The van der Waals surface area contributed by atoms with E-state index >= 15 is 0 Å². The van der Waals surface area contributed by atoms with Gasteiger partial charge in [-0.1, -0.05) is 18.5 Å². The van der Waals surface area contributed by atoms with E-state index in [1.807, 2.05) is 36.7 Å². The van der Waals surface area contributed by atoms with Gasteiger partial charge in [-0.25, -0.2) is 9.97 Å². The highest BCUT2D eigenvalue weighted by Gasteiger charge is 2.01. The number of aromatic nitrogens is 2. The number of nitrogens with one attached hydrogen (secondary N) is 1. The van der Waals surface area contributed by atoms with E-state index in [9.17, 15) is 0 Å². The van der Waals surface area contributed by atoms with Gasteiger partial charge in [-0.15, -0.1) is 0 Å². The van der Waals surface area contributed by atoms with Gasteiger partial charge in [-0.05, 0) is 49.0 Å². The fourth-order valence-corrected chi connectivity index (χ4v) is 2.32. The van der Waals surface area contributed by atoms with E-state index in [2.05, 4.69) is 22.2 Å². The molecule has 1 aromatic carbocycles. The van der Waals surface area contributed by atoms with E-state index in [1.165, 1.54) is 11.8 Å². The van der Waals surface area contributed by atoms with Crippen LogP contribution in [-0.2, 0) is 6.54 Å². The first-order valence-electron chi connectivity index (χ1n) is 6.23. The van der Waals surface area contributed by atoms with Crippen molar-refractivity contribution >= 4 is 23.4 Å². The number of hydrogen-bond acceptors (Lipinski definition) is 4. The van der Waals surface area contributed by atoms with Crippen LogP contribution in [0.2, 0.25) is 5.02 Å². The van der Waals surface area contributed by atoms with Crippen LogP contribution >= 0.6 is 23.4 Å². The molecule has 2 aromatic rings. The summed E-state index contributed by atoms with van der Waals surface area (Å²) >= 11 is 7.38. The zero-order valence-electron chi connectivity index (χ0n) is 10.8. The Morgan fingerprint density at radius 2 is 1.84 bits per heavy atom. The third-order valence-corrected chi connectivity index (χ3v) is 3.61. The third kappa shape index (κ3) is 4.82. The van der Waals surface area contributed by atoms with Crippen molar-refractivity contribution in [3.05, 3.63) is 47.2 Å². The van der Waals surface area contributed by atoms with Gasteiger partial charge in [-0.2, -0.15) is 0 Å². The van der Waals surface area contributed by atoms with E-state index in [4.69, 9.17) is 11.6 Å². The van der Waals surface area contributed by atoms with Gasteiger partial charge in [-0.3, -0.25) is 0 Å². The largest absolute Gasteiger partial charge is 0.313 e. The number of nitrogens with zero attached hydrogens (tertiary/aromatic N) is 2. The number of halogens is 1. The molecule has 0 bridgehead atoms. The van der Waals surface area contributed by atoms with Crippen LogP contribution in [0.25, 0.3) is 0 Å². The quantitative estimate of drug-likeness (QED) is 0.650. The lowest BCUT2D eigenvalue weighted by Gasteiger charge is -2.04. The smallest absolute Gasteiger partial charge is 0.192 e. The van der Waals surface area contributed by atoms with E-state index in [0.29, 0.717) is 0 Å². The van der Waals surface area contributed by atoms with Crippen LogP contribution < -0.4 is 5.32 Å². The lowest BCUT2D eigenvalue weighted by atomic mass is 10.3. The molecular formula is C14H16ClN3S. The maximum absolute atomic E-state index is 5.85. The maximum atomic E-state index is 5.85. The number of rotatable bonds is 6. The van der Waals surface area contributed by atoms with E-state index in [0.717, 1.165) is 40.1 Å². The van der Waals surface area contributed by atoms with Crippen molar-refractivity contribution in [2.75, 3.05) is 6.54 Å². The Labute approximate surface area is 122 Å². The molecular weight excluding hydrogens is 278 g/mol. The van der Waals surface area contributed by atoms with Crippen molar-refractivity contribution in [3.63, 3.8) is 0 Å². The Bertz CT molecular complexity index is 499. The molecule has 1 heterocycles. The average Bonchev–Trinajstić information content (AvgIpc) is 2.44. The summed E-state index contributed by atoms with van der Waals surface area (Å²) in [7, 11) is 0. The molecule has 0 atom stereocenters. The zero-order chi connectivity index (χ0) is 13.5. The van der Waals surface area contributed by atoms with Crippen molar-refractivity contribution in [2.24, 2.45) is 0 Å². The van der Waals surface area contributed by atoms with Crippen LogP contribution in [0.4, 0.5) is 0 Å². The summed E-state index contributed by atoms with van der Waals surface area (Å²) in [6.07, 6.45) is 4.87. The summed E-state index contributed by atoms with van der Waals surface area (Å²) in [5, 5.41) is 4.82. The Hall–Kier alpha value is -1.10. The molecule has 0 fully saturated rings. The van der Waals surface area contributed by atoms with E-state index in [1.54, 1.807) is 0 Å². The standard InChI is InChI=1S/C14H16ClN3S/c1-2-7-16-8-11-9-17-14(18-10-11)19-13-5-3-12(15)4-6-13/h3-6,9-10,16H,2,7-8H2,1H3. The monoisotopic (exact) mass is 293 g/mol. The topological polar surface area (TPSA) is 37.8 Å². The molecule has 0 aliphatic carbocycles. The summed E-state index contributed by atoms with van der Waals surface area (Å²) in [5.74, 6) is 0. The highest BCUT2D eigenvalue weighted by Crippen LogP contribution is 2.25. The minimum Gasteiger partial charge on any atom is -0.313 e. The van der Waals surface area contributed by atoms with Gasteiger partial charge < -0.3 is 5.32 Å². The van der Waals surface area contributed by atoms with Gasteiger partial charge in [0.25, 0.3) is 0 Å². The number of benzene rings is 1. The van der Waals surface area contributed by atoms with Gasteiger partial charge in [0, 0.05) is 34.4 Å². The highest BCUT2D eigenvalue weighted by molar-refractivity contribution is 7.99. The highest BCUT2D eigenvalue weighted by atomic mass is 35.5. The molecule has 0 saturated carbocycles. The first-order valence-corrected chi connectivity index (χ1v) is 7.42. The normalized spacial score (nSPS) is 10.6. The molecule has 0 aliphatic rings. The van der Waals surface area contributed by atoms with Crippen molar-refractivity contribution in [1.82, 2.24) is 15.3 Å². The lowest BCUT2D eigenvalue weighted by molar-refractivity contribution is 0.669. The Kier molecular flexibility index (Phi) is 5.63. The van der Waals surface area contributed by atoms with E-state index in [-0.39, 0.29) is 0 Å². The second-order valence-corrected chi connectivity index (χ2v) is 5.58. The van der Waals surface area contributed by atoms with Crippen LogP contribution in [-0.4, -0.2) is 16.5 Å². The van der Waals surface area contributed by atoms with Gasteiger partial charge >= 0.3 is 0 Å². The molecule has 0 aliphatic heterocycles. The fourth-order valence-electron chi connectivity index (χ4n) is 1.50. The Morgan fingerprint density at radius 3 is 2.47 bits per heavy atom.